The van der Waals surface area contributed by atoms with Crippen LogP contribution in [0, 0.1) is 0 Å². The summed E-state index contributed by atoms with van der Waals surface area (Å²) in [6.07, 6.45) is 0. The van der Waals surface area contributed by atoms with Crippen molar-refractivity contribution in [3.8, 4) is 44.9 Å². The van der Waals surface area contributed by atoms with E-state index in [-0.39, 0.29) is 5.41 Å². The zero-order valence-electron chi connectivity index (χ0n) is 20.7. The Balaban J connectivity index is 1.39. The molecule has 1 aliphatic heterocycles. The lowest BCUT2D eigenvalue weighted by Gasteiger charge is -2.26. The summed E-state index contributed by atoms with van der Waals surface area (Å²) in [5.74, 6) is 1.77. The van der Waals surface area contributed by atoms with Gasteiger partial charge in [0.1, 0.15) is 5.75 Å². The summed E-state index contributed by atoms with van der Waals surface area (Å²) < 4.78 is 6.70. The molecule has 0 N–H and O–H groups in total. The molecule has 0 saturated carbocycles. The molecular formula is C34H27NO. The van der Waals surface area contributed by atoms with Crippen LogP contribution in [0.2, 0.25) is 0 Å². The van der Waals surface area contributed by atoms with E-state index >= 15 is 0 Å². The second kappa shape index (κ2) is 7.60. The standard InChI is InChI=1S/C34H27NO/c1-34(2)29-16-8-6-13-25(29)26-20-19-22(21-30(26)34)35(3)31-17-10-15-28-24-12-5-4-11-23(24)27-14-7-9-18-32(27)36-33(28)31/h4-21H,1-3H3. The Labute approximate surface area is 212 Å². The number of fused-ring (bicyclic) bond motifs is 8. The van der Waals surface area contributed by atoms with Gasteiger partial charge in [0, 0.05) is 29.3 Å². The lowest BCUT2D eigenvalue weighted by molar-refractivity contribution is 0.488. The van der Waals surface area contributed by atoms with Crippen molar-refractivity contribution in [2.45, 2.75) is 19.3 Å². The molecule has 0 bridgehead atoms. The lowest BCUT2D eigenvalue weighted by Crippen LogP contribution is -2.16. The van der Waals surface area contributed by atoms with Gasteiger partial charge in [-0.1, -0.05) is 98.8 Å². The molecule has 0 spiro atoms. The maximum atomic E-state index is 6.70. The highest BCUT2D eigenvalue weighted by Gasteiger charge is 2.35. The number of rotatable bonds is 2. The van der Waals surface area contributed by atoms with E-state index in [0.717, 1.165) is 34.0 Å². The number of benzene rings is 5. The van der Waals surface area contributed by atoms with Gasteiger partial charge in [0.15, 0.2) is 5.75 Å². The largest absolute Gasteiger partial charge is 0.454 e. The maximum Gasteiger partial charge on any atom is 0.158 e. The Morgan fingerprint density at radius 3 is 1.97 bits per heavy atom. The molecule has 5 aromatic rings. The molecule has 0 atom stereocenters. The highest BCUT2D eigenvalue weighted by atomic mass is 16.5. The number of nitrogens with zero attached hydrogens (tertiary/aromatic N) is 1. The summed E-state index contributed by atoms with van der Waals surface area (Å²) in [7, 11) is 2.14. The number of anilines is 2. The lowest BCUT2D eigenvalue weighted by atomic mass is 9.82. The Bertz CT molecular complexity index is 1660. The molecule has 5 aromatic carbocycles. The van der Waals surface area contributed by atoms with E-state index < -0.39 is 0 Å². The topological polar surface area (TPSA) is 12.5 Å². The number of hydrogen-bond acceptors (Lipinski definition) is 2. The molecule has 2 heteroatoms. The first-order chi connectivity index (χ1) is 17.5. The van der Waals surface area contributed by atoms with Crippen LogP contribution in [-0.2, 0) is 5.41 Å². The predicted molar refractivity (Wildman–Crippen MR) is 149 cm³/mol. The van der Waals surface area contributed by atoms with E-state index in [1.165, 1.54) is 33.4 Å². The molecule has 7 rings (SSSR count). The third-order valence-electron chi connectivity index (χ3n) is 7.92. The van der Waals surface area contributed by atoms with Crippen LogP contribution in [0.15, 0.2) is 109 Å². The highest BCUT2D eigenvalue weighted by molar-refractivity contribution is 5.94. The van der Waals surface area contributed by atoms with Crippen molar-refractivity contribution in [1.29, 1.82) is 0 Å². The normalized spacial score (nSPS) is 13.9. The maximum absolute atomic E-state index is 6.70. The highest BCUT2D eigenvalue weighted by Crippen LogP contribution is 2.52. The molecule has 0 unspecified atom stereocenters. The molecule has 1 aliphatic carbocycles. The molecule has 0 aromatic heterocycles. The Morgan fingerprint density at radius 2 is 1.17 bits per heavy atom. The molecule has 0 fully saturated rings. The van der Waals surface area contributed by atoms with Crippen molar-refractivity contribution < 1.29 is 4.74 Å². The van der Waals surface area contributed by atoms with E-state index in [1.54, 1.807) is 0 Å². The fraction of sp³-hybridized carbons (Fsp3) is 0.118. The second-order valence-electron chi connectivity index (χ2n) is 10.3. The van der Waals surface area contributed by atoms with Gasteiger partial charge in [-0.05, 0) is 57.6 Å². The van der Waals surface area contributed by atoms with Crippen LogP contribution in [0.5, 0.6) is 11.5 Å². The van der Waals surface area contributed by atoms with Gasteiger partial charge in [0.05, 0.1) is 5.69 Å². The van der Waals surface area contributed by atoms with Crippen molar-refractivity contribution >= 4 is 11.4 Å². The molecule has 2 nitrogen and oxygen atoms in total. The van der Waals surface area contributed by atoms with Gasteiger partial charge in [-0.2, -0.15) is 0 Å². The number of ether oxygens (including phenoxy) is 1. The van der Waals surface area contributed by atoms with Crippen molar-refractivity contribution in [2.75, 3.05) is 11.9 Å². The second-order valence-corrected chi connectivity index (χ2v) is 10.3. The quantitative estimate of drug-likeness (QED) is 0.253. The number of para-hydroxylation sites is 2. The Kier molecular flexibility index (Phi) is 4.44. The summed E-state index contributed by atoms with van der Waals surface area (Å²) in [6.45, 7) is 4.65. The Morgan fingerprint density at radius 1 is 0.556 bits per heavy atom. The summed E-state index contributed by atoms with van der Waals surface area (Å²) in [5.41, 5.74) is 12.2. The van der Waals surface area contributed by atoms with Crippen molar-refractivity contribution in [1.82, 2.24) is 0 Å². The van der Waals surface area contributed by atoms with Crippen LogP contribution in [-0.4, -0.2) is 7.05 Å². The third kappa shape index (κ3) is 2.91. The smallest absolute Gasteiger partial charge is 0.158 e. The van der Waals surface area contributed by atoms with E-state index in [1.807, 2.05) is 6.07 Å². The van der Waals surface area contributed by atoms with Crippen LogP contribution < -0.4 is 9.64 Å². The first-order valence-electron chi connectivity index (χ1n) is 12.5. The van der Waals surface area contributed by atoms with Gasteiger partial charge in [-0.3, -0.25) is 0 Å². The van der Waals surface area contributed by atoms with E-state index in [9.17, 15) is 0 Å². The van der Waals surface area contributed by atoms with Gasteiger partial charge in [0.25, 0.3) is 0 Å². The van der Waals surface area contributed by atoms with E-state index in [4.69, 9.17) is 4.74 Å². The molecule has 0 saturated heterocycles. The summed E-state index contributed by atoms with van der Waals surface area (Å²) in [6, 6.07) is 39.0. The minimum absolute atomic E-state index is 0.0370. The van der Waals surface area contributed by atoms with Gasteiger partial charge in [-0.25, -0.2) is 0 Å². The van der Waals surface area contributed by atoms with Crippen LogP contribution >= 0.6 is 0 Å². The van der Waals surface area contributed by atoms with Crippen molar-refractivity contribution in [3.63, 3.8) is 0 Å². The third-order valence-corrected chi connectivity index (χ3v) is 7.92. The summed E-state index contributed by atoms with van der Waals surface area (Å²) in [4.78, 5) is 2.26. The van der Waals surface area contributed by atoms with Crippen LogP contribution in [0.4, 0.5) is 11.4 Å². The first kappa shape index (κ1) is 21.0. The van der Waals surface area contributed by atoms with Crippen LogP contribution in [0.3, 0.4) is 0 Å². The van der Waals surface area contributed by atoms with E-state index in [0.29, 0.717) is 0 Å². The molecule has 2 aliphatic rings. The monoisotopic (exact) mass is 465 g/mol. The van der Waals surface area contributed by atoms with Crippen molar-refractivity contribution in [3.05, 3.63) is 120 Å². The zero-order chi connectivity index (χ0) is 24.4. The fourth-order valence-corrected chi connectivity index (χ4v) is 5.99. The van der Waals surface area contributed by atoms with Gasteiger partial charge < -0.3 is 9.64 Å². The summed E-state index contributed by atoms with van der Waals surface area (Å²) in [5, 5.41) is 0. The molecule has 36 heavy (non-hydrogen) atoms. The fourth-order valence-electron chi connectivity index (χ4n) is 5.99. The average molecular weight is 466 g/mol. The minimum atomic E-state index is -0.0370. The zero-order valence-corrected chi connectivity index (χ0v) is 20.7. The van der Waals surface area contributed by atoms with E-state index in [2.05, 4.69) is 129 Å². The van der Waals surface area contributed by atoms with Gasteiger partial charge in [0.2, 0.25) is 0 Å². The number of hydrogen-bond donors (Lipinski definition) is 0. The molecular weight excluding hydrogens is 438 g/mol. The predicted octanol–water partition coefficient (Wildman–Crippen LogP) is 9.20. The molecule has 1 heterocycles. The Hall–Kier alpha value is -4.30. The first-order valence-corrected chi connectivity index (χ1v) is 12.5. The molecule has 174 valence electrons. The van der Waals surface area contributed by atoms with Crippen LogP contribution in [0.1, 0.15) is 25.0 Å². The van der Waals surface area contributed by atoms with Gasteiger partial charge >= 0.3 is 0 Å². The van der Waals surface area contributed by atoms with Crippen molar-refractivity contribution in [2.24, 2.45) is 0 Å². The average Bonchev–Trinajstić information content (AvgIpc) is 3.05. The van der Waals surface area contributed by atoms with Crippen LogP contribution in [0.25, 0.3) is 33.4 Å². The minimum Gasteiger partial charge on any atom is -0.454 e. The SMILES string of the molecule is CN(c1ccc2c(c1)C(C)(C)c1ccccc1-2)c1cccc2c1Oc1ccccc1-c1ccccc1-2. The molecule has 0 radical (unpaired) electrons. The molecule has 0 amide bonds. The summed E-state index contributed by atoms with van der Waals surface area (Å²) >= 11 is 0. The van der Waals surface area contributed by atoms with Gasteiger partial charge in [-0.15, -0.1) is 0 Å².